The van der Waals surface area contributed by atoms with Crippen molar-refractivity contribution in [1.29, 1.82) is 0 Å². The second kappa shape index (κ2) is 20.3. The van der Waals surface area contributed by atoms with Crippen LogP contribution >= 0.6 is 0 Å². The van der Waals surface area contributed by atoms with Crippen molar-refractivity contribution in [2.24, 2.45) is 0 Å². The Labute approximate surface area is 190 Å². The first-order valence-corrected chi connectivity index (χ1v) is 12.2. The number of allylic oxidation sites excluding steroid dienone is 2. The zero-order valence-corrected chi connectivity index (χ0v) is 20.4. The number of rotatable bonds is 19. The molecular formula is C25H47N3O3. The smallest absolute Gasteiger partial charge is 0.223 e. The van der Waals surface area contributed by atoms with Crippen LogP contribution in [-0.4, -0.2) is 60.1 Å². The zero-order valence-electron chi connectivity index (χ0n) is 20.4. The molecule has 2 atom stereocenters. The van der Waals surface area contributed by atoms with Gasteiger partial charge in [0.1, 0.15) is 0 Å². The van der Waals surface area contributed by atoms with Crippen molar-refractivity contribution in [2.75, 3.05) is 26.2 Å². The Kier molecular flexibility index (Phi) is 19.2. The lowest BCUT2D eigenvalue weighted by Gasteiger charge is -2.34. The number of nitrogens with zero attached hydrogens (tertiary/aromatic N) is 1. The third-order valence-corrected chi connectivity index (χ3v) is 5.28. The van der Waals surface area contributed by atoms with E-state index in [-0.39, 0.29) is 30.5 Å². The van der Waals surface area contributed by atoms with Crippen LogP contribution in [0, 0.1) is 0 Å². The number of unbranched alkanes of at least 4 members (excludes halogenated alkanes) is 4. The van der Waals surface area contributed by atoms with Crippen LogP contribution in [-0.2, 0) is 9.59 Å². The van der Waals surface area contributed by atoms with Crippen molar-refractivity contribution < 1.29 is 14.7 Å². The van der Waals surface area contributed by atoms with Gasteiger partial charge in [0.2, 0.25) is 11.8 Å². The van der Waals surface area contributed by atoms with Crippen molar-refractivity contribution >= 4 is 11.8 Å². The summed E-state index contributed by atoms with van der Waals surface area (Å²) >= 11 is 0. The number of aliphatic hydroxyl groups is 1. The molecule has 0 aliphatic carbocycles. The molecule has 0 heterocycles. The molecule has 2 unspecified atom stereocenters. The van der Waals surface area contributed by atoms with Gasteiger partial charge >= 0.3 is 0 Å². The maximum atomic E-state index is 12.1. The SMILES string of the molecule is CCCC/C=C/CC(=O)NCC(C)N(CCCO)C(C)CNC(=O)C/C=C/CCCC. The van der Waals surface area contributed by atoms with Gasteiger partial charge in [-0.25, -0.2) is 0 Å². The maximum absolute atomic E-state index is 12.1. The van der Waals surface area contributed by atoms with Crippen molar-refractivity contribution in [3.05, 3.63) is 24.3 Å². The first-order valence-electron chi connectivity index (χ1n) is 12.2. The molecule has 0 aliphatic rings. The van der Waals surface area contributed by atoms with Crippen molar-refractivity contribution in [3.8, 4) is 0 Å². The lowest BCUT2D eigenvalue weighted by Crippen LogP contribution is -2.50. The maximum Gasteiger partial charge on any atom is 0.223 e. The van der Waals surface area contributed by atoms with Crippen LogP contribution in [0.15, 0.2) is 24.3 Å². The van der Waals surface area contributed by atoms with Crippen LogP contribution in [0.2, 0.25) is 0 Å². The van der Waals surface area contributed by atoms with Gasteiger partial charge in [0.05, 0.1) is 0 Å². The predicted molar refractivity (Wildman–Crippen MR) is 130 cm³/mol. The normalized spacial score (nSPS) is 13.7. The molecule has 0 rings (SSSR count). The lowest BCUT2D eigenvalue weighted by molar-refractivity contribution is -0.121. The fraction of sp³-hybridized carbons (Fsp3) is 0.760. The predicted octanol–water partition coefficient (Wildman–Crippen LogP) is 3.95. The van der Waals surface area contributed by atoms with E-state index in [0.717, 1.165) is 45.1 Å². The summed E-state index contributed by atoms with van der Waals surface area (Å²) in [5.74, 6) is 0.0510. The average molecular weight is 438 g/mol. The van der Waals surface area contributed by atoms with E-state index in [4.69, 9.17) is 0 Å². The highest BCUT2D eigenvalue weighted by molar-refractivity contribution is 5.77. The Bertz CT molecular complexity index is 478. The summed E-state index contributed by atoms with van der Waals surface area (Å²) in [5.41, 5.74) is 0. The van der Waals surface area contributed by atoms with E-state index in [9.17, 15) is 14.7 Å². The third-order valence-electron chi connectivity index (χ3n) is 5.28. The second-order valence-corrected chi connectivity index (χ2v) is 8.26. The van der Waals surface area contributed by atoms with Gasteiger partial charge < -0.3 is 15.7 Å². The van der Waals surface area contributed by atoms with E-state index in [1.165, 1.54) is 0 Å². The fourth-order valence-electron chi connectivity index (χ4n) is 3.29. The summed E-state index contributed by atoms with van der Waals surface area (Å²) in [6.07, 6.45) is 16.2. The van der Waals surface area contributed by atoms with Gasteiger partial charge in [-0.15, -0.1) is 0 Å². The summed E-state index contributed by atoms with van der Waals surface area (Å²) in [5, 5.41) is 15.3. The van der Waals surface area contributed by atoms with Gasteiger partial charge in [0.15, 0.2) is 0 Å². The van der Waals surface area contributed by atoms with Crippen LogP contribution in [0.5, 0.6) is 0 Å². The molecule has 6 nitrogen and oxygen atoms in total. The van der Waals surface area contributed by atoms with Crippen molar-refractivity contribution in [3.63, 3.8) is 0 Å². The molecule has 0 spiro atoms. The number of nitrogens with one attached hydrogen (secondary N) is 2. The Hall–Kier alpha value is -1.66. The van der Waals surface area contributed by atoms with E-state index >= 15 is 0 Å². The highest BCUT2D eigenvalue weighted by Crippen LogP contribution is 2.07. The van der Waals surface area contributed by atoms with Gasteiger partial charge in [-0.05, 0) is 33.1 Å². The van der Waals surface area contributed by atoms with E-state index in [0.29, 0.717) is 32.4 Å². The Morgan fingerprint density at radius 3 is 1.65 bits per heavy atom. The van der Waals surface area contributed by atoms with E-state index in [1.54, 1.807) is 0 Å². The molecule has 0 fully saturated rings. The van der Waals surface area contributed by atoms with Crippen molar-refractivity contribution in [2.45, 2.75) is 97.6 Å². The Morgan fingerprint density at radius 1 is 0.806 bits per heavy atom. The minimum atomic E-state index is 0.0255. The van der Waals surface area contributed by atoms with Crippen LogP contribution < -0.4 is 10.6 Å². The molecule has 0 radical (unpaired) electrons. The molecule has 0 saturated carbocycles. The summed E-state index contributed by atoms with van der Waals surface area (Å²) in [6.45, 7) is 10.4. The van der Waals surface area contributed by atoms with Crippen LogP contribution in [0.25, 0.3) is 0 Å². The van der Waals surface area contributed by atoms with Gasteiger partial charge in [-0.2, -0.15) is 0 Å². The largest absolute Gasteiger partial charge is 0.396 e. The minimum Gasteiger partial charge on any atom is -0.396 e. The first kappa shape index (κ1) is 29.3. The molecular weight excluding hydrogens is 390 g/mol. The minimum absolute atomic E-state index is 0.0255. The molecule has 0 bridgehead atoms. The monoisotopic (exact) mass is 437 g/mol. The van der Waals surface area contributed by atoms with Gasteiger partial charge in [0, 0.05) is 51.2 Å². The molecule has 0 saturated heterocycles. The lowest BCUT2D eigenvalue weighted by atomic mass is 10.1. The Balaban J connectivity index is 4.44. The van der Waals surface area contributed by atoms with E-state index in [1.807, 2.05) is 12.2 Å². The molecule has 0 aromatic carbocycles. The molecule has 6 heteroatoms. The zero-order chi connectivity index (χ0) is 23.3. The highest BCUT2D eigenvalue weighted by atomic mass is 16.3. The number of carbonyl (C=O) groups excluding carboxylic acids is 2. The first-order chi connectivity index (χ1) is 15.0. The van der Waals surface area contributed by atoms with Crippen LogP contribution in [0.1, 0.15) is 85.5 Å². The topological polar surface area (TPSA) is 81.7 Å². The summed E-state index contributed by atoms with van der Waals surface area (Å²) < 4.78 is 0. The third kappa shape index (κ3) is 16.7. The van der Waals surface area contributed by atoms with Crippen LogP contribution in [0.3, 0.4) is 0 Å². The summed E-state index contributed by atoms with van der Waals surface area (Å²) in [4.78, 5) is 26.4. The molecule has 2 amide bonds. The average Bonchev–Trinajstić information content (AvgIpc) is 2.76. The summed E-state index contributed by atoms with van der Waals surface area (Å²) in [6, 6.07) is 0.223. The van der Waals surface area contributed by atoms with E-state index < -0.39 is 0 Å². The molecule has 0 aromatic heterocycles. The standard InChI is InChI=1S/C25H47N3O3/c1-5-7-9-11-13-16-24(30)26-20-22(3)28(18-15-19-29)23(4)21-27-25(31)17-14-12-10-8-6-2/h11-14,22-23,29H,5-10,15-21H2,1-4H3,(H,26,30)(H,27,31)/b13-11+,14-12+. The number of hydrogen-bond donors (Lipinski definition) is 3. The van der Waals surface area contributed by atoms with Gasteiger partial charge in [-0.1, -0.05) is 63.8 Å². The van der Waals surface area contributed by atoms with Crippen molar-refractivity contribution in [1.82, 2.24) is 15.5 Å². The number of amides is 2. The highest BCUT2D eigenvalue weighted by Gasteiger charge is 2.20. The fourth-order valence-corrected chi connectivity index (χ4v) is 3.29. The molecule has 0 aliphatic heterocycles. The van der Waals surface area contributed by atoms with Gasteiger partial charge in [0.25, 0.3) is 0 Å². The quantitative estimate of drug-likeness (QED) is 0.211. The molecule has 0 aromatic rings. The summed E-state index contributed by atoms with van der Waals surface area (Å²) in [7, 11) is 0. The number of aliphatic hydroxyl groups excluding tert-OH is 1. The number of carbonyl (C=O) groups is 2. The van der Waals surface area contributed by atoms with E-state index in [2.05, 4.69) is 55.4 Å². The molecule has 3 N–H and O–H groups in total. The van der Waals surface area contributed by atoms with Gasteiger partial charge in [-0.3, -0.25) is 14.5 Å². The molecule has 180 valence electrons. The Morgan fingerprint density at radius 2 is 1.26 bits per heavy atom. The van der Waals surface area contributed by atoms with Crippen LogP contribution in [0.4, 0.5) is 0 Å². The second-order valence-electron chi connectivity index (χ2n) is 8.26. The number of hydrogen-bond acceptors (Lipinski definition) is 4. The molecule has 31 heavy (non-hydrogen) atoms.